The predicted molar refractivity (Wildman–Crippen MR) is 86.3 cm³/mol. The standard InChI is InChI=1S/C18H21NO3/c1-4-22-17-11-7-15(8-12-17)18(19-13(2)20)14-5-9-16(21-3)10-6-14/h5-12,18H,4H2,1-3H3,(H,19,20)/t18-/m0/s1. The summed E-state index contributed by atoms with van der Waals surface area (Å²) in [7, 11) is 1.63. The summed E-state index contributed by atoms with van der Waals surface area (Å²) in [6.07, 6.45) is 0. The van der Waals surface area contributed by atoms with Gasteiger partial charge in [0.05, 0.1) is 19.8 Å². The van der Waals surface area contributed by atoms with Crippen LogP contribution in [0.5, 0.6) is 11.5 Å². The molecule has 4 heteroatoms. The second kappa shape index (κ2) is 7.50. The molecule has 4 nitrogen and oxygen atoms in total. The van der Waals surface area contributed by atoms with Gasteiger partial charge >= 0.3 is 0 Å². The molecule has 0 saturated carbocycles. The monoisotopic (exact) mass is 299 g/mol. The second-order valence-electron chi connectivity index (χ2n) is 4.91. The van der Waals surface area contributed by atoms with Crippen molar-refractivity contribution in [1.29, 1.82) is 0 Å². The van der Waals surface area contributed by atoms with Crippen LogP contribution >= 0.6 is 0 Å². The molecule has 0 bridgehead atoms. The fourth-order valence-corrected chi connectivity index (χ4v) is 2.28. The number of ether oxygens (including phenoxy) is 2. The van der Waals surface area contributed by atoms with Crippen LogP contribution in [0.2, 0.25) is 0 Å². The molecule has 1 atom stereocenters. The molecule has 0 aliphatic carbocycles. The van der Waals surface area contributed by atoms with Crippen LogP contribution in [0, 0.1) is 0 Å². The van der Waals surface area contributed by atoms with E-state index in [1.165, 1.54) is 6.92 Å². The maximum atomic E-state index is 11.5. The Labute approximate surface area is 131 Å². The van der Waals surface area contributed by atoms with Crippen LogP contribution in [0.25, 0.3) is 0 Å². The zero-order valence-electron chi connectivity index (χ0n) is 13.1. The Bertz CT molecular complexity index is 605. The number of nitrogens with one attached hydrogen (secondary N) is 1. The highest BCUT2D eigenvalue weighted by Crippen LogP contribution is 2.25. The van der Waals surface area contributed by atoms with Gasteiger partial charge < -0.3 is 14.8 Å². The van der Waals surface area contributed by atoms with Crippen LogP contribution in [0.3, 0.4) is 0 Å². The van der Waals surface area contributed by atoms with E-state index in [1.54, 1.807) is 7.11 Å². The molecule has 0 aromatic heterocycles. The van der Waals surface area contributed by atoms with Crippen LogP contribution in [0.1, 0.15) is 31.0 Å². The number of benzene rings is 2. The van der Waals surface area contributed by atoms with Crippen LogP contribution in [-0.4, -0.2) is 19.6 Å². The van der Waals surface area contributed by atoms with E-state index in [1.807, 2.05) is 55.5 Å². The number of carbonyl (C=O) groups is 1. The molecule has 0 spiro atoms. The highest BCUT2D eigenvalue weighted by molar-refractivity contribution is 5.74. The normalized spacial score (nSPS) is 11.6. The summed E-state index contributed by atoms with van der Waals surface area (Å²) in [4.78, 5) is 11.5. The number of hydrogen-bond donors (Lipinski definition) is 1. The topological polar surface area (TPSA) is 47.6 Å². The lowest BCUT2D eigenvalue weighted by Gasteiger charge is -2.19. The highest BCUT2D eigenvalue weighted by atomic mass is 16.5. The SMILES string of the molecule is CCOc1ccc([C@@H](NC(C)=O)c2ccc(OC)cc2)cc1. The van der Waals surface area contributed by atoms with Gasteiger partial charge in [-0.05, 0) is 42.3 Å². The fourth-order valence-electron chi connectivity index (χ4n) is 2.28. The van der Waals surface area contributed by atoms with Crippen LogP contribution < -0.4 is 14.8 Å². The lowest BCUT2D eigenvalue weighted by molar-refractivity contribution is -0.119. The third kappa shape index (κ3) is 4.01. The molecule has 22 heavy (non-hydrogen) atoms. The van der Waals surface area contributed by atoms with Gasteiger partial charge in [0.2, 0.25) is 5.91 Å². The van der Waals surface area contributed by atoms with Gasteiger partial charge in [-0.15, -0.1) is 0 Å². The van der Waals surface area contributed by atoms with Crippen molar-refractivity contribution in [2.75, 3.05) is 13.7 Å². The Morgan fingerprint density at radius 3 is 1.91 bits per heavy atom. The van der Waals surface area contributed by atoms with Gasteiger partial charge in [-0.25, -0.2) is 0 Å². The van der Waals surface area contributed by atoms with Gasteiger partial charge in [0.1, 0.15) is 11.5 Å². The van der Waals surface area contributed by atoms with Crippen molar-refractivity contribution in [3.8, 4) is 11.5 Å². The molecule has 0 aliphatic rings. The molecule has 0 fully saturated rings. The minimum Gasteiger partial charge on any atom is -0.497 e. The van der Waals surface area contributed by atoms with E-state index in [2.05, 4.69) is 5.32 Å². The summed E-state index contributed by atoms with van der Waals surface area (Å²) in [6.45, 7) is 4.10. The van der Waals surface area contributed by atoms with E-state index in [0.717, 1.165) is 22.6 Å². The quantitative estimate of drug-likeness (QED) is 0.890. The average Bonchev–Trinajstić information content (AvgIpc) is 2.54. The molecule has 1 N–H and O–H groups in total. The molecule has 2 aromatic rings. The van der Waals surface area contributed by atoms with Gasteiger partial charge in [0.25, 0.3) is 0 Å². The first-order valence-corrected chi connectivity index (χ1v) is 7.28. The van der Waals surface area contributed by atoms with E-state index in [9.17, 15) is 4.79 Å². The number of methoxy groups -OCH3 is 1. The van der Waals surface area contributed by atoms with E-state index >= 15 is 0 Å². The zero-order valence-corrected chi connectivity index (χ0v) is 13.1. The first-order valence-electron chi connectivity index (χ1n) is 7.28. The van der Waals surface area contributed by atoms with E-state index in [4.69, 9.17) is 9.47 Å². The number of amides is 1. The Morgan fingerprint density at radius 2 is 1.50 bits per heavy atom. The van der Waals surface area contributed by atoms with Crippen LogP contribution in [0.4, 0.5) is 0 Å². The lowest BCUT2D eigenvalue weighted by Crippen LogP contribution is -2.26. The van der Waals surface area contributed by atoms with Crippen molar-refractivity contribution in [2.24, 2.45) is 0 Å². The predicted octanol–water partition coefficient (Wildman–Crippen LogP) is 3.32. The molecule has 1 amide bonds. The molecule has 0 aliphatic heterocycles. The van der Waals surface area contributed by atoms with Crippen LogP contribution in [0.15, 0.2) is 48.5 Å². The van der Waals surface area contributed by atoms with Crippen molar-refractivity contribution >= 4 is 5.91 Å². The summed E-state index contributed by atoms with van der Waals surface area (Å²) in [5.41, 5.74) is 2.00. The molecule has 0 unspecified atom stereocenters. The van der Waals surface area contributed by atoms with E-state index in [0.29, 0.717) is 6.61 Å². The minimum absolute atomic E-state index is 0.0743. The Hall–Kier alpha value is -2.49. The Morgan fingerprint density at radius 1 is 1.00 bits per heavy atom. The first-order chi connectivity index (χ1) is 10.6. The molecule has 0 radical (unpaired) electrons. The third-order valence-corrected chi connectivity index (χ3v) is 3.32. The van der Waals surface area contributed by atoms with Gasteiger partial charge in [0.15, 0.2) is 0 Å². The molecule has 0 saturated heterocycles. The molecule has 0 heterocycles. The van der Waals surface area contributed by atoms with Crippen molar-refractivity contribution < 1.29 is 14.3 Å². The van der Waals surface area contributed by atoms with Gasteiger partial charge in [-0.2, -0.15) is 0 Å². The first kappa shape index (κ1) is 15.9. The fraction of sp³-hybridized carbons (Fsp3) is 0.278. The zero-order chi connectivity index (χ0) is 15.9. The summed E-state index contributed by atoms with van der Waals surface area (Å²) in [5.74, 6) is 1.54. The third-order valence-electron chi connectivity index (χ3n) is 3.32. The maximum absolute atomic E-state index is 11.5. The summed E-state index contributed by atoms with van der Waals surface area (Å²) >= 11 is 0. The molecular weight excluding hydrogens is 278 g/mol. The minimum atomic E-state index is -0.195. The smallest absolute Gasteiger partial charge is 0.217 e. The van der Waals surface area contributed by atoms with Crippen molar-refractivity contribution in [1.82, 2.24) is 5.32 Å². The molecule has 116 valence electrons. The van der Waals surface area contributed by atoms with E-state index < -0.39 is 0 Å². The van der Waals surface area contributed by atoms with Gasteiger partial charge in [0, 0.05) is 6.92 Å². The average molecular weight is 299 g/mol. The summed E-state index contributed by atoms with van der Waals surface area (Å²) in [6, 6.07) is 15.3. The Kier molecular flexibility index (Phi) is 5.42. The molecule has 2 rings (SSSR count). The van der Waals surface area contributed by atoms with Gasteiger partial charge in [-0.1, -0.05) is 24.3 Å². The maximum Gasteiger partial charge on any atom is 0.217 e. The number of carbonyl (C=O) groups excluding carboxylic acids is 1. The van der Waals surface area contributed by atoms with Crippen molar-refractivity contribution in [2.45, 2.75) is 19.9 Å². The largest absolute Gasteiger partial charge is 0.497 e. The summed E-state index contributed by atoms with van der Waals surface area (Å²) in [5, 5.41) is 2.98. The van der Waals surface area contributed by atoms with Crippen molar-refractivity contribution in [3.63, 3.8) is 0 Å². The van der Waals surface area contributed by atoms with Crippen LogP contribution in [-0.2, 0) is 4.79 Å². The molecular formula is C18H21NO3. The van der Waals surface area contributed by atoms with Gasteiger partial charge in [-0.3, -0.25) is 4.79 Å². The molecule has 2 aromatic carbocycles. The Balaban J connectivity index is 2.29. The van der Waals surface area contributed by atoms with Crippen molar-refractivity contribution in [3.05, 3.63) is 59.7 Å². The highest BCUT2D eigenvalue weighted by Gasteiger charge is 2.15. The number of rotatable bonds is 6. The lowest BCUT2D eigenvalue weighted by atomic mass is 9.98. The summed E-state index contributed by atoms with van der Waals surface area (Å²) < 4.78 is 10.6. The van der Waals surface area contributed by atoms with E-state index in [-0.39, 0.29) is 11.9 Å². The number of hydrogen-bond acceptors (Lipinski definition) is 3. The second-order valence-corrected chi connectivity index (χ2v) is 4.91.